The summed E-state index contributed by atoms with van der Waals surface area (Å²) < 4.78 is 14.2. The van der Waals surface area contributed by atoms with Crippen LogP contribution in [0.5, 0.6) is 5.75 Å². The van der Waals surface area contributed by atoms with Crippen molar-refractivity contribution < 1.29 is 9.15 Å². The maximum Gasteiger partial charge on any atom is 0.152 e. The number of hydrogen-bond donors (Lipinski definition) is 0. The Morgan fingerprint density at radius 3 is 2.67 bits per heavy atom. The summed E-state index contributed by atoms with van der Waals surface area (Å²) in [6, 6.07) is 29.0. The number of para-hydroxylation sites is 3. The largest absolute Gasteiger partial charge is 0.483 e. The van der Waals surface area contributed by atoms with Gasteiger partial charge in [0, 0.05) is 10.8 Å². The fourth-order valence-corrected chi connectivity index (χ4v) is 4.58. The minimum Gasteiger partial charge on any atom is -0.483 e. The van der Waals surface area contributed by atoms with Crippen molar-refractivity contribution in [1.82, 2.24) is 9.55 Å². The molecular weight excluding hydrogens is 372 g/mol. The van der Waals surface area contributed by atoms with Gasteiger partial charge in [-0.3, -0.25) is 4.57 Å². The minimum absolute atomic E-state index is 0.475. The number of furan rings is 1. The molecule has 7 rings (SSSR count). The lowest BCUT2D eigenvalue weighted by molar-refractivity contribution is 0.280. The van der Waals surface area contributed by atoms with Gasteiger partial charge in [-0.1, -0.05) is 48.5 Å². The van der Waals surface area contributed by atoms with E-state index in [-0.39, 0.29) is 0 Å². The first kappa shape index (κ1) is 15.8. The molecule has 0 aliphatic carbocycles. The molecule has 0 atom stereocenters. The summed E-state index contributed by atoms with van der Waals surface area (Å²) in [5, 5.41) is 2.28. The first-order valence-electron chi connectivity index (χ1n) is 10.0. The van der Waals surface area contributed by atoms with E-state index in [9.17, 15) is 0 Å². The summed E-state index contributed by atoms with van der Waals surface area (Å²) in [5.41, 5.74) is 7.21. The van der Waals surface area contributed by atoms with Gasteiger partial charge in [-0.05, 0) is 47.5 Å². The van der Waals surface area contributed by atoms with Gasteiger partial charge in [0.25, 0.3) is 0 Å². The van der Waals surface area contributed by atoms with E-state index in [1.165, 1.54) is 0 Å². The Kier molecular flexibility index (Phi) is 3.03. The Balaban J connectivity index is 1.53. The highest BCUT2D eigenvalue weighted by Gasteiger charge is 2.21. The second-order valence-electron chi connectivity index (χ2n) is 7.60. The van der Waals surface area contributed by atoms with E-state index in [0.717, 1.165) is 61.4 Å². The van der Waals surface area contributed by atoms with Crippen LogP contribution in [-0.2, 0) is 6.61 Å². The maximum atomic E-state index is 6.09. The number of rotatable bonds is 1. The highest BCUT2D eigenvalue weighted by atomic mass is 16.5. The molecule has 3 heterocycles. The first-order chi connectivity index (χ1) is 14.9. The van der Waals surface area contributed by atoms with Crippen molar-refractivity contribution >= 4 is 33.0 Å². The third-order valence-corrected chi connectivity index (χ3v) is 5.90. The molecule has 0 saturated heterocycles. The SMILES string of the molecule is c1ccc2c(c1)OCc1nc3ccc(-c4cccc5oc6ccccc6c45)cc3n1-2. The number of hydrogen-bond acceptors (Lipinski definition) is 3. The minimum atomic E-state index is 0.475. The molecule has 4 heteroatoms. The summed E-state index contributed by atoms with van der Waals surface area (Å²) in [4.78, 5) is 4.81. The lowest BCUT2D eigenvalue weighted by atomic mass is 9.99. The van der Waals surface area contributed by atoms with Crippen molar-refractivity contribution in [3.05, 3.63) is 90.8 Å². The molecule has 1 aliphatic rings. The van der Waals surface area contributed by atoms with Gasteiger partial charge in [-0.25, -0.2) is 4.98 Å². The Bertz CT molecular complexity index is 1610. The van der Waals surface area contributed by atoms with Crippen LogP contribution in [0.4, 0.5) is 0 Å². The van der Waals surface area contributed by atoms with Crippen molar-refractivity contribution in [3.8, 4) is 22.6 Å². The molecule has 30 heavy (non-hydrogen) atoms. The van der Waals surface area contributed by atoms with E-state index in [1.54, 1.807) is 0 Å². The summed E-state index contributed by atoms with van der Waals surface area (Å²) >= 11 is 0. The third-order valence-electron chi connectivity index (χ3n) is 5.90. The molecule has 0 radical (unpaired) electrons. The smallest absolute Gasteiger partial charge is 0.152 e. The Labute approximate surface area is 171 Å². The molecular formula is C26H16N2O2. The standard InChI is InChI=1S/C26H16N2O2/c1-3-9-22-18(6-1)26-17(7-5-11-24(26)30-22)16-12-13-19-21(14-16)28-20-8-2-4-10-23(20)29-15-25(28)27-19/h1-14H,15H2. The molecule has 0 N–H and O–H groups in total. The van der Waals surface area contributed by atoms with E-state index in [4.69, 9.17) is 14.1 Å². The third kappa shape index (κ3) is 2.08. The lowest BCUT2D eigenvalue weighted by Gasteiger charge is -2.19. The number of aromatic nitrogens is 2. The average molecular weight is 388 g/mol. The van der Waals surface area contributed by atoms with Crippen LogP contribution in [-0.4, -0.2) is 9.55 Å². The summed E-state index contributed by atoms with van der Waals surface area (Å²) in [6.07, 6.45) is 0. The molecule has 0 saturated carbocycles. The van der Waals surface area contributed by atoms with Gasteiger partial charge in [-0.15, -0.1) is 0 Å². The van der Waals surface area contributed by atoms with Crippen LogP contribution < -0.4 is 4.74 Å². The topological polar surface area (TPSA) is 40.2 Å². The quantitative estimate of drug-likeness (QED) is 0.323. The monoisotopic (exact) mass is 388 g/mol. The van der Waals surface area contributed by atoms with E-state index in [2.05, 4.69) is 53.1 Å². The van der Waals surface area contributed by atoms with Gasteiger partial charge >= 0.3 is 0 Å². The summed E-state index contributed by atoms with van der Waals surface area (Å²) in [7, 11) is 0. The van der Waals surface area contributed by atoms with Gasteiger partial charge < -0.3 is 9.15 Å². The van der Waals surface area contributed by atoms with E-state index in [1.807, 2.05) is 36.4 Å². The van der Waals surface area contributed by atoms with Crippen LogP contribution in [0.2, 0.25) is 0 Å². The number of nitrogens with zero attached hydrogens (tertiary/aromatic N) is 2. The zero-order chi connectivity index (χ0) is 19.7. The second-order valence-corrected chi connectivity index (χ2v) is 7.60. The fourth-order valence-electron chi connectivity index (χ4n) is 4.58. The molecule has 6 aromatic rings. The van der Waals surface area contributed by atoms with Crippen LogP contribution in [0.15, 0.2) is 89.3 Å². The Morgan fingerprint density at radius 1 is 0.800 bits per heavy atom. The van der Waals surface area contributed by atoms with E-state index < -0.39 is 0 Å². The summed E-state index contributed by atoms with van der Waals surface area (Å²) in [6.45, 7) is 0.475. The molecule has 4 nitrogen and oxygen atoms in total. The normalized spacial score (nSPS) is 12.8. The van der Waals surface area contributed by atoms with Gasteiger partial charge in [0.2, 0.25) is 0 Å². The van der Waals surface area contributed by atoms with E-state index >= 15 is 0 Å². The predicted octanol–water partition coefficient (Wildman–Crippen LogP) is 6.48. The molecule has 0 bridgehead atoms. The highest BCUT2D eigenvalue weighted by Crippen LogP contribution is 2.39. The zero-order valence-corrected chi connectivity index (χ0v) is 16.0. The molecule has 4 aromatic carbocycles. The maximum absolute atomic E-state index is 6.09. The van der Waals surface area contributed by atoms with Crippen molar-refractivity contribution in [2.24, 2.45) is 0 Å². The molecule has 1 aliphatic heterocycles. The fraction of sp³-hybridized carbons (Fsp3) is 0.0385. The van der Waals surface area contributed by atoms with Crippen molar-refractivity contribution in [1.29, 1.82) is 0 Å². The molecule has 0 unspecified atom stereocenters. The Morgan fingerprint density at radius 2 is 1.67 bits per heavy atom. The first-order valence-corrected chi connectivity index (χ1v) is 10.0. The predicted molar refractivity (Wildman–Crippen MR) is 118 cm³/mol. The van der Waals surface area contributed by atoms with Gasteiger partial charge in [-0.2, -0.15) is 0 Å². The van der Waals surface area contributed by atoms with Crippen LogP contribution in [0.25, 0.3) is 49.8 Å². The molecule has 0 fully saturated rings. The number of benzene rings is 4. The second kappa shape index (κ2) is 5.74. The lowest BCUT2D eigenvalue weighted by Crippen LogP contribution is -2.12. The van der Waals surface area contributed by atoms with Gasteiger partial charge in [0.05, 0.1) is 16.7 Å². The van der Waals surface area contributed by atoms with Crippen LogP contribution in [0, 0.1) is 0 Å². The molecule has 0 amide bonds. The molecule has 0 spiro atoms. The van der Waals surface area contributed by atoms with Crippen LogP contribution in [0.1, 0.15) is 5.82 Å². The van der Waals surface area contributed by atoms with Gasteiger partial charge in [0.15, 0.2) is 5.82 Å². The molecule has 142 valence electrons. The number of ether oxygens (including phenoxy) is 1. The van der Waals surface area contributed by atoms with Crippen LogP contribution in [0.3, 0.4) is 0 Å². The molecule has 2 aromatic heterocycles. The van der Waals surface area contributed by atoms with Crippen molar-refractivity contribution in [2.75, 3.05) is 0 Å². The number of imidazole rings is 1. The van der Waals surface area contributed by atoms with Crippen molar-refractivity contribution in [2.45, 2.75) is 6.61 Å². The average Bonchev–Trinajstić information content (AvgIpc) is 3.37. The van der Waals surface area contributed by atoms with Crippen LogP contribution >= 0.6 is 0 Å². The highest BCUT2D eigenvalue weighted by molar-refractivity contribution is 6.12. The van der Waals surface area contributed by atoms with Crippen molar-refractivity contribution in [3.63, 3.8) is 0 Å². The Hall–Kier alpha value is -4.05. The summed E-state index contributed by atoms with van der Waals surface area (Å²) in [5.74, 6) is 1.81. The zero-order valence-electron chi connectivity index (χ0n) is 16.0. The number of fused-ring (bicyclic) bond motifs is 8. The van der Waals surface area contributed by atoms with Gasteiger partial charge in [0.1, 0.15) is 23.5 Å². The van der Waals surface area contributed by atoms with E-state index in [0.29, 0.717) is 6.61 Å².